The molecule has 1 aromatic heterocycles. The number of carboxylic acids is 1. The third-order valence-corrected chi connectivity index (χ3v) is 3.04. The summed E-state index contributed by atoms with van der Waals surface area (Å²) >= 11 is 0. The highest BCUT2D eigenvalue weighted by molar-refractivity contribution is 5.88. The van der Waals surface area contributed by atoms with Gasteiger partial charge < -0.3 is 5.11 Å². The number of aromatic nitrogens is 2. The van der Waals surface area contributed by atoms with Crippen molar-refractivity contribution in [3.05, 3.63) is 58.0 Å². The lowest BCUT2D eigenvalue weighted by Crippen LogP contribution is -2.25. The molecule has 0 atom stereocenters. The van der Waals surface area contributed by atoms with E-state index in [1.807, 2.05) is 13.8 Å². The number of carbonyl (C=O) groups is 1. The van der Waals surface area contributed by atoms with Crippen molar-refractivity contribution in [2.75, 3.05) is 0 Å². The number of imidazole rings is 1. The topological polar surface area (TPSA) is 64.2 Å². The maximum absolute atomic E-state index is 13.3. The Bertz CT molecular complexity index is 701. The van der Waals surface area contributed by atoms with Crippen molar-refractivity contribution in [1.29, 1.82) is 0 Å². The molecule has 0 saturated heterocycles. The van der Waals surface area contributed by atoms with Crippen molar-refractivity contribution >= 4 is 5.97 Å². The number of aromatic carboxylic acids is 1. The molecule has 0 fully saturated rings. The van der Waals surface area contributed by atoms with E-state index in [4.69, 9.17) is 5.11 Å². The van der Waals surface area contributed by atoms with Gasteiger partial charge in [0.05, 0.1) is 12.1 Å². The number of nitrogens with zero attached hydrogens (tertiary/aromatic N) is 2. The summed E-state index contributed by atoms with van der Waals surface area (Å²) in [7, 11) is 0. The van der Waals surface area contributed by atoms with Crippen LogP contribution in [-0.4, -0.2) is 20.2 Å². The van der Waals surface area contributed by atoms with E-state index in [-0.39, 0.29) is 23.8 Å². The summed E-state index contributed by atoms with van der Waals surface area (Å²) in [4.78, 5) is 22.9. The Balaban J connectivity index is 2.33. The summed E-state index contributed by atoms with van der Waals surface area (Å²) in [5, 5.41) is 8.88. The molecule has 0 amide bonds. The summed E-state index contributed by atoms with van der Waals surface area (Å²) in [5.41, 5.74) is -0.00699. The number of benzene rings is 1. The molecule has 0 aliphatic carbocycles. The first-order valence-electron chi connectivity index (χ1n) is 6.19. The van der Waals surface area contributed by atoms with Crippen molar-refractivity contribution in [1.82, 2.24) is 9.13 Å². The number of halogens is 1. The monoisotopic (exact) mass is 278 g/mol. The van der Waals surface area contributed by atoms with Gasteiger partial charge in [0.15, 0.2) is 0 Å². The van der Waals surface area contributed by atoms with E-state index in [9.17, 15) is 14.0 Å². The fraction of sp³-hybridized carbons (Fsp3) is 0.286. The Kier molecular flexibility index (Phi) is 3.74. The van der Waals surface area contributed by atoms with E-state index < -0.39 is 11.8 Å². The molecule has 1 heterocycles. The summed E-state index contributed by atoms with van der Waals surface area (Å²) in [5.74, 6) is -2.11. The molecule has 0 aliphatic heterocycles. The van der Waals surface area contributed by atoms with Gasteiger partial charge in [-0.05, 0) is 31.5 Å². The minimum absolute atomic E-state index is 0.0477. The molecule has 2 rings (SSSR count). The number of hydrogen-bond donors (Lipinski definition) is 1. The SMILES string of the molecule is CC(C)n1ccn(Cc2ccc(F)c(C(=O)O)c2)c1=O. The van der Waals surface area contributed by atoms with Crippen molar-refractivity contribution in [2.24, 2.45) is 0 Å². The van der Waals surface area contributed by atoms with Gasteiger partial charge in [0.25, 0.3) is 0 Å². The lowest BCUT2D eigenvalue weighted by molar-refractivity contribution is 0.0691. The normalized spacial score (nSPS) is 11.0. The average Bonchev–Trinajstić information content (AvgIpc) is 2.73. The summed E-state index contributed by atoms with van der Waals surface area (Å²) < 4.78 is 16.3. The van der Waals surface area contributed by atoms with Crippen LogP contribution < -0.4 is 5.69 Å². The molecular weight excluding hydrogens is 263 g/mol. The summed E-state index contributed by atoms with van der Waals surface area (Å²) in [6.07, 6.45) is 3.31. The van der Waals surface area contributed by atoms with Crippen LogP contribution in [0.5, 0.6) is 0 Å². The summed E-state index contributed by atoms with van der Waals surface area (Å²) in [6.45, 7) is 4.00. The first kappa shape index (κ1) is 14.0. The second-order valence-corrected chi connectivity index (χ2v) is 4.83. The Morgan fingerprint density at radius 1 is 1.35 bits per heavy atom. The first-order chi connectivity index (χ1) is 9.40. The quantitative estimate of drug-likeness (QED) is 0.931. The fourth-order valence-corrected chi connectivity index (χ4v) is 1.97. The number of rotatable bonds is 4. The van der Waals surface area contributed by atoms with Crippen molar-refractivity contribution in [3.63, 3.8) is 0 Å². The Morgan fingerprint density at radius 3 is 2.60 bits per heavy atom. The third-order valence-electron chi connectivity index (χ3n) is 3.04. The molecule has 1 N–H and O–H groups in total. The summed E-state index contributed by atoms with van der Waals surface area (Å²) in [6, 6.07) is 3.87. The molecule has 0 saturated carbocycles. The van der Waals surface area contributed by atoms with Crippen LogP contribution in [0.25, 0.3) is 0 Å². The van der Waals surface area contributed by atoms with E-state index >= 15 is 0 Å². The van der Waals surface area contributed by atoms with Gasteiger partial charge in [-0.3, -0.25) is 9.13 Å². The predicted molar refractivity (Wildman–Crippen MR) is 71.5 cm³/mol. The second kappa shape index (κ2) is 5.32. The molecule has 2 aromatic rings. The van der Waals surface area contributed by atoms with Crippen molar-refractivity contribution < 1.29 is 14.3 Å². The second-order valence-electron chi connectivity index (χ2n) is 4.83. The first-order valence-corrected chi connectivity index (χ1v) is 6.19. The largest absolute Gasteiger partial charge is 0.478 e. The van der Waals surface area contributed by atoms with Gasteiger partial charge >= 0.3 is 11.7 Å². The molecule has 6 heteroatoms. The Hall–Kier alpha value is -2.37. The van der Waals surface area contributed by atoms with E-state index in [0.29, 0.717) is 5.56 Å². The van der Waals surface area contributed by atoms with Gasteiger partial charge in [-0.25, -0.2) is 14.0 Å². The molecule has 0 aliphatic rings. The van der Waals surface area contributed by atoms with E-state index in [1.165, 1.54) is 16.7 Å². The molecule has 20 heavy (non-hydrogen) atoms. The highest BCUT2D eigenvalue weighted by Crippen LogP contribution is 2.12. The Labute approximate surface area is 114 Å². The fourth-order valence-electron chi connectivity index (χ4n) is 1.97. The van der Waals surface area contributed by atoms with E-state index in [2.05, 4.69) is 0 Å². The zero-order valence-electron chi connectivity index (χ0n) is 11.2. The molecule has 0 radical (unpaired) electrons. The van der Waals surface area contributed by atoms with Crippen LogP contribution in [0.4, 0.5) is 4.39 Å². The highest BCUT2D eigenvalue weighted by atomic mass is 19.1. The predicted octanol–water partition coefficient (Wildman–Crippen LogP) is 2.12. The maximum Gasteiger partial charge on any atom is 0.338 e. The van der Waals surface area contributed by atoms with Crippen molar-refractivity contribution in [3.8, 4) is 0 Å². The standard InChI is InChI=1S/C14H15FN2O3/c1-9(2)17-6-5-16(14(17)20)8-10-3-4-12(15)11(7-10)13(18)19/h3-7,9H,8H2,1-2H3,(H,18,19). The smallest absolute Gasteiger partial charge is 0.338 e. The van der Waals surface area contributed by atoms with Crippen LogP contribution in [0.2, 0.25) is 0 Å². The molecule has 5 nitrogen and oxygen atoms in total. The Morgan fingerprint density at radius 2 is 2.05 bits per heavy atom. The van der Waals surface area contributed by atoms with Gasteiger partial charge in [0, 0.05) is 18.4 Å². The van der Waals surface area contributed by atoms with E-state index in [0.717, 1.165) is 6.07 Å². The van der Waals surface area contributed by atoms with Crippen LogP contribution in [0.3, 0.4) is 0 Å². The minimum atomic E-state index is -1.32. The zero-order valence-corrected chi connectivity index (χ0v) is 11.2. The van der Waals surface area contributed by atoms with Gasteiger partial charge in [0.1, 0.15) is 5.82 Å². The zero-order chi connectivity index (χ0) is 14.9. The van der Waals surface area contributed by atoms with Crippen LogP contribution in [0.1, 0.15) is 35.8 Å². The molecule has 0 bridgehead atoms. The number of hydrogen-bond acceptors (Lipinski definition) is 2. The van der Waals surface area contributed by atoms with Crippen LogP contribution >= 0.6 is 0 Å². The molecule has 0 spiro atoms. The van der Waals surface area contributed by atoms with Crippen LogP contribution in [0.15, 0.2) is 35.4 Å². The highest BCUT2D eigenvalue weighted by Gasteiger charge is 2.12. The molecule has 1 aromatic carbocycles. The third kappa shape index (κ3) is 2.64. The molecule has 0 unspecified atom stereocenters. The molecular formula is C14H15FN2O3. The molecule has 106 valence electrons. The maximum atomic E-state index is 13.3. The lowest BCUT2D eigenvalue weighted by atomic mass is 10.1. The van der Waals surface area contributed by atoms with Gasteiger partial charge in [-0.2, -0.15) is 0 Å². The van der Waals surface area contributed by atoms with E-state index in [1.54, 1.807) is 17.0 Å². The number of carboxylic acid groups (broad SMARTS) is 1. The van der Waals surface area contributed by atoms with Gasteiger partial charge in [0.2, 0.25) is 0 Å². The van der Waals surface area contributed by atoms with Crippen LogP contribution in [0, 0.1) is 5.82 Å². The van der Waals surface area contributed by atoms with Crippen LogP contribution in [-0.2, 0) is 6.54 Å². The van der Waals surface area contributed by atoms with Gasteiger partial charge in [-0.15, -0.1) is 0 Å². The lowest BCUT2D eigenvalue weighted by Gasteiger charge is -2.06. The van der Waals surface area contributed by atoms with Crippen molar-refractivity contribution in [2.45, 2.75) is 26.4 Å². The van der Waals surface area contributed by atoms with Gasteiger partial charge in [-0.1, -0.05) is 6.07 Å². The average molecular weight is 278 g/mol. The minimum Gasteiger partial charge on any atom is -0.478 e.